The van der Waals surface area contributed by atoms with Crippen LogP contribution in [0.4, 0.5) is 23.2 Å². The summed E-state index contributed by atoms with van der Waals surface area (Å²) in [7, 11) is 1.27. The zero-order chi connectivity index (χ0) is 29.7. The second-order valence-electron chi connectivity index (χ2n) is 10.6. The molecule has 1 N–H and O–H groups in total. The number of rotatable bonds is 5. The van der Waals surface area contributed by atoms with Gasteiger partial charge >= 0.3 is 12.1 Å². The first-order valence-corrected chi connectivity index (χ1v) is 13.2. The number of fused-ring (bicyclic) bond motifs is 2. The van der Waals surface area contributed by atoms with E-state index in [0.717, 1.165) is 5.56 Å². The number of anilines is 1. The van der Waals surface area contributed by atoms with Gasteiger partial charge in [0.1, 0.15) is 11.9 Å². The van der Waals surface area contributed by atoms with Crippen molar-refractivity contribution in [2.45, 2.75) is 56.2 Å². The van der Waals surface area contributed by atoms with Crippen molar-refractivity contribution >= 4 is 17.6 Å². The van der Waals surface area contributed by atoms with Gasteiger partial charge in [-0.1, -0.05) is 30.3 Å². The van der Waals surface area contributed by atoms with Gasteiger partial charge in [-0.15, -0.1) is 0 Å². The molecule has 0 aromatic heterocycles. The van der Waals surface area contributed by atoms with Crippen molar-refractivity contribution < 1.29 is 41.7 Å². The van der Waals surface area contributed by atoms with Crippen LogP contribution in [0.1, 0.15) is 58.8 Å². The number of aryl methyl sites for hydroxylation is 1. The number of benzene rings is 3. The van der Waals surface area contributed by atoms with Crippen molar-refractivity contribution in [1.82, 2.24) is 0 Å². The van der Waals surface area contributed by atoms with E-state index in [1.54, 1.807) is 43.3 Å². The number of alkyl halides is 4. The monoisotopic (exact) mass is 571 g/mol. The van der Waals surface area contributed by atoms with Gasteiger partial charge in [0, 0.05) is 16.8 Å². The van der Waals surface area contributed by atoms with E-state index in [9.17, 15) is 27.9 Å². The van der Waals surface area contributed by atoms with Crippen molar-refractivity contribution in [3.63, 3.8) is 0 Å². The van der Waals surface area contributed by atoms with Gasteiger partial charge in [0.15, 0.2) is 5.67 Å². The van der Waals surface area contributed by atoms with Crippen LogP contribution in [0.5, 0.6) is 5.75 Å². The van der Waals surface area contributed by atoms with E-state index in [1.807, 2.05) is 6.07 Å². The van der Waals surface area contributed by atoms with Gasteiger partial charge < -0.3 is 19.5 Å². The number of aliphatic hydroxyl groups is 1. The zero-order valence-electron chi connectivity index (χ0n) is 22.7. The normalized spacial score (nSPS) is 24.3. The highest BCUT2D eigenvalue weighted by Crippen LogP contribution is 2.63. The van der Waals surface area contributed by atoms with E-state index in [4.69, 9.17) is 9.47 Å². The highest BCUT2D eigenvalue weighted by Gasteiger charge is 2.74. The van der Waals surface area contributed by atoms with Crippen LogP contribution in [0.15, 0.2) is 66.7 Å². The summed E-state index contributed by atoms with van der Waals surface area (Å²) in [5.41, 5.74) is -5.87. The minimum Gasteiger partial charge on any atom is -0.489 e. The molecule has 216 valence electrons. The first kappa shape index (κ1) is 28.6. The molecular weight excluding hydrogens is 542 g/mol. The quantitative estimate of drug-likeness (QED) is 0.303. The van der Waals surface area contributed by atoms with Crippen LogP contribution in [-0.4, -0.2) is 42.9 Å². The second-order valence-corrected chi connectivity index (χ2v) is 10.6. The summed E-state index contributed by atoms with van der Waals surface area (Å²) in [5, 5.41) is 10.5. The Kier molecular flexibility index (Phi) is 7.09. The Morgan fingerprint density at radius 3 is 2.32 bits per heavy atom. The van der Waals surface area contributed by atoms with Crippen LogP contribution >= 0.6 is 0 Å². The first-order valence-electron chi connectivity index (χ1n) is 13.2. The van der Waals surface area contributed by atoms with Crippen LogP contribution in [0, 0.1) is 0 Å². The van der Waals surface area contributed by atoms with E-state index in [2.05, 4.69) is 0 Å². The molecule has 5 rings (SSSR count). The van der Waals surface area contributed by atoms with E-state index < -0.39 is 41.0 Å². The molecule has 10 heteroatoms. The van der Waals surface area contributed by atoms with Crippen molar-refractivity contribution in [1.29, 1.82) is 0 Å². The van der Waals surface area contributed by atoms with Crippen LogP contribution in [0.2, 0.25) is 0 Å². The molecule has 1 heterocycles. The summed E-state index contributed by atoms with van der Waals surface area (Å²) in [6.45, 7) is 2.48. The average molecular weight is 572 g/mol. The van der Waals surface area contributed by atoms with Crippen LogP contribution < -0.4 is 9.64 Å². The van der Waals surface area contributed by atoms with E-state index in [0.29, 0.717) is 30.2 Å². The van der Waals surface area contributed by atoms with Gasteiger partial charge in [0.05, 0.1) is 25.1 Å². The molecule has 1 aliphatic carbocycles. The Bertz CT molecular complexity index is 1470. The Labute approximate surface area is 234 Å². The highest BCUT2D eigenvalue weighted by molar-refractivity contribution is 5.99. The van der Waals surface area contributed by atoms with Crippen LogP contribution in [-0.2, 0) is 27.2 Å². The molecule has 2 unspecified atom stereocenters. The lowest BCUT2D eigenvalue weighted by molar-refractivity contribution is -0.328. The maximum absolute atomic E-state index is 15.5. The van der Waals surface area contributed by atoms with Crippen molar-refractivity contribution in [2.75, 3.05) is 18.6 Å². The molecule has 0 saturated carbocycles. The van der Waals surface area contributed by atoms with Gasteiger partial charge in [-0.3, -0.25) is 4.79 Å². The van der Waals surface area contributed by atoms with Gasteiger partial charge in [0.25, 0.3) is 0 Å². The number of carbonyl (C=O) groups is 2. The predicted octanol–water partition coefficient (Wildman–Crippen LogP) is 5.95. The van der Waals surface area contributed by atoms with Crippen molar-refractivity contribution in [2.24, 2.45) is 0 Å². The number of hydrogen-bond acceptors (Lipinski definition) is 5. The fourth-order valence-electron chi connectivity index (χ4n) is 5.69. The molecule has 0 spiro atoms. The van der Waals surface area contributed by atoms with Crippen molar-refractivity contribution in [3.8, 4) is 5.75 Å². The van der Waals surface area contributed by atoms with Gasteiger partial charge in [0.2, 0.25) is 11.5 Å². The fraction of sp³-hybridized carbons (Fsp3) is 0.355. The lowest BCUT2D eigenvalue weighted by atomic mass is 9.61. The summed E-state index contributed by atoms with van der Waals surface area (Å²) < 4.78 is 68.0. The van der Waals surface area contributed by atoms with Gasteiger partial charge in [-0.05, 0) is 74.2 Å². The second kappa shape index (κ2) is 10.2. The topological polar surface area (TPSA) is 76.1 Å². The SMILES string of the molecule is COC(=O)c1ccc(O[C@H]2CCc3cc4c(cc3N(C(=O)[C@@H](C)c3ccccc3)C2)C(C)(F)C4(O)C(F)(F)F)cc1. The maximum Gasteiger partial charge on any atom is 0.425 e. The summed E-state index contributed by atoms with van der Waals surface area (Å²) >= 11 is 0. The standard InChI is InChI=1S/C31H29F4NO5/c1-18(19-7-5-4-6-8-19)27(37)36-17-23(41-22-12-9-20(10-13-22)28(38)40-3)14-11-21-15-25-24(16-26(21)36)29(2,32)30(25,39)31(33,34)35/h4-10,12-13,15-16,18,23,39H,11,14,17H2,1-3H3/t18-,23-,29?,30?/m0/s1. The molecule has 0 saturated heterocycles. The molecule has 0 radical (unpaired) electrons. The number of ether oxygens (including phenoxy) is 2. The molecule has 0 fully saturated rings. The Hall–Kier alpha value is -3.92. The van der Waals surface area contributed by atoms with Crippen LogP contribution in [0.25, 0.3) is 0 Å². The molecule has 1 aliphatic heterocycles. The molecule has 1 amide bonds. The van der Waals surface area contributed by atoms with Crippen LogP contribution in [0.3, 0.4) is 0 Å². The van der Waals surface area contributed by atoms with E-state index >= 15 is 4.39 Å². The van der Waals surface area contributed by atoms with Gasteiger partial charge in [-0.2, -0.15) is 13.2 Å². The minimum absolute atomic E-state index is 0.0487. The maximum atomic E-state index is 15.5. The summed E-state index contributed by atoms with van der Waals surface area (Å²) in [4.78, 5) is 27.1. The third-order valence-corrected chi connectivity index (χ3v) is 8.13. The summed E-state index contributed by atoms with van der Waals surface area (Å²) in [5.74, 6) is -1.04. The molecule has 6 nitrogen and oxygen atoms in total. The van der Waals surface area contributed by atoms with Crippen molar-refractivity contribution in [3.05, 3.63) is 94.5 Å². The third kappa shape index (κ3) is 4.64. The smallest absolute Gasteiger partial charge is 0.425 e. The summed E-state index contributed by atoms with van der Waals surface area (Å²) in [6, 6.07) is 17.7. The first-order chi connectivity index (χ1) is 19.3. The number of hydrogen-bond donors (Lipinski definition) is 1. The molecule has 41 heavy (non-hydrogen) atoms. The largest absolute Gasteiger partial charge is 0.489 e. The molecule has 3 aromatic rings. The lowest BCUT2D eigenvalue weighted by Crippen LogP contribution is -2.62. The average Bonchev–Trinajstić information content (AvgIpc) is 3.14. The number of carbonyl (C=O) groups excluding carboxylic acids is 2. The summed E-state index contributed by atoms with van der Waals surface area (Å²) in [6.07, 6.45) is -5.27. The molecule has 0 bridgehead atoms. The number of halogens is 4. The highest BCUT2D eigenvalue weighted by atomic mass is 19.4. The number of methoxy groups -OCH3 is 1. The van der Waals surface area contributed by atoms with E-state index in [-0.39, 0.29) is 30.1 Å². The van der Waals surface area contributed by atoms with E-state index in [1.165, 1.54) is 36.3 Å². The Morgan fingerprint density at radius 1 is 1.05 bits per heavy atom. The zero-order valence-corrected chi connectivity index (χ0v) is 22.7. The molecule has 3 aromatic carbocycles. The fourth-order valence-corrected chi connectivity index (χ4v) is 5.69. The third-order valence-electron chi connectivity index (χ3n) is 8.13. The predicted molar refractivity (Wildman–Crippen MR) is 143 cm³/mol. The molecular formula is C31H29F4NO5. The lowest BCUT2D eigenvalue weighted by Gasteiger charge is -2.51. The number of nitrogens with zero attached hydrogens (tertiary/aromatic N) is 1. The number of esters is 1. The van der Waals surface area contributed by atoms with Gasteiger partial charge in [-0.25, -0.2) is 9.18 Å². The molecule has 4 atom stereocenters. The minimum atomic E-state index is -5.23. The number of amides is 1. The molecule has 2 aliphatic rings. The Morgan fingerprint density at radius 2 is 1.71 bits per heavy atom. The Balaban J connectivity index is 1.53.